The highest BCUT2D eigenvalue weighted by Gasteiger charge is 2.16. The lowest BCUT2D eigenvalue weighted by Crippen LogP contribution is -2.31. The summed E-state index contributed by atoms with van der Waals surface area (Å²) < 4.78 is 5.17. The Morgan fingerprint density at radius 1 is 1.48 bits per heavy atom. The molecule has 0 saturated heterocycles. The number of hydrogen-bond acceptors (Lipinski definition) is 5. The van der Waals surface area contributed by atoms with Gasteiger partial charge in [0.25, 0.3) is 0 Å². The molecule has 0 aliphatic heterocycles. The van der Waals surface area contributed by atoms with E-state index in [0.717, 1.165) is 25.3 Å². The molecule has 0 amide bonds. The Morgan fingerprint density at radius 2 is 2.29 bits per heavy atom. The monoisotopic (exact) mass is 290 g/mol. The minimum Gasteiger partial charge on any atom is -0.383 e. The molecule has 0 aliphatic rings. The molecule has 1 aromatic heterocycles. The molecule has 5 heteroatoms. The van der Waals surface area contributed by atoms with E-state index in [-0.39, 0.29) is 6.04 Å². The van der Waals surface area contributed by atoms with Crippen molar-refractivity contribution in [2.24, 2.45) is 0 Å². The summed E-state index contributed by atoms with van der Waals surface area (Å²) >= 11 is 0. The Morgan fingerprint density at radius 3 is 2.95 bits per heavy atom. The van der Waals surface area contributed by atoms with Gasteiger partial charge in [0.05, 0.1) is 19.1 Å². The third-order valence-electron chi connectivity index (χ3n) is 3.34. The van der Waals surface area contributed by atoms with Crippen molar-refractivity contribution < 1.29 is 4.74 Å². The van der Waals surface area contributed by atoms with Gasteiger partial charge < -0.3 is 15.0 Å². The first kappa shape index (κ1) is 17.4. The molecular weight excluding hydrogens is 264 g/mol. The summed E-state index contributed by atoms with van der Waals surface area (Å²) in [6.45, 7) is 7.31. The van der Waals surface area contributed by atoms with E-state index >= 15 is 0 Å². The Labute approximate surface area is 127 Å². The fourth-order valence-electron chi connectivity index (χ4n) is 2.19. The van der Waals surface area contributed by atoms with Crippen molar-refractivity contribution in [2.75, 3.05) is 38.3 Å². The molecular formula is C16H26N4O. The highest BCUT2D eigenvalue weighted by atomic mass is 16.5. The smallest absolute Gasteiger partial charge is 0.133 e. The Balaban J connectivity index is 2.92. The number of rotatable bonds is 10. The predicted octanol–water partition coefficient (Wildman–Crippen LogP) is 2.51. The lowest BCUT2D eigenvalue weighted by molar-refractivity contribution is 0.205. The van der Waals surface area contributed by atoms with Gasteiger partial charge in [-0.3, -0.25) is 0 Å². The van der Waals surface area contributed by atoms with Gasteiger partial charge in [0, 0.05) is 38.0 Å². The van der Waals surface area contributed by atoms with Gasteiger partial charge in [0.1, 0.15) is 5.82 Å². The normalized spacial score (nSPS) is 11.9. The highest BCUT2D eigenvalue weighted by Crippen LogP contribution is 2.24. The van der Waals surface area contributed by atoms with E-state index in [9.17, 15) is 0 Å². The number of anilines is 1. The molecule has 116 valence electrons. The molecule has 0 aliphatic carbocycles. The number of nitriles is 1. The van der Waals surface area contributed by atoms with Crippen LogP contribution in [0, 0.1) is 11.3 Å². The van der Waals surface area contributed by atoms with E-state index in [4.69, 9.17) is 10.00 Å². The highest BCUT2D eigenvalue weighted by molar-refractivity contribution is 5.48. The van der Waals surface area contributed by atoms with E-state index in [2.05, 4.69) is 41.2 Å². The molecule has 0 spiro atoms. The second kappa shape index (κ2) is 10.1. The number of hydrogen-bond donors (Lipinski definition) is 1. The molecule has 0 fully saturated rings. The van der Waals surface area contributed by atoms with Crippen molar-refractivity contribution in [1.29, 1.82) is 5.26 Å². The lowest BCUT2D eigenvalue weighted by atomic mass is 10.1. The van der Waals surface area contributed by atoms with Gasteiger partial charge in [-0.1, -0.05) is 13.0 Å². The summed E-state index contributed by atoms with van der Waals surface area (Å²) in [5.41, 5.74) is 1.17. The van der Waals surface area contributed by atoms with Gasteiger partial charge in [0.15, 0.2) is 0 Å². The molecule has 1 rings (SSSR count). The van der Waals surface area contributed by atoms with Gasteiger partial charge in [-0.15, -0.1) is 0 Å². The fourth-order valence-corrected chi connectivity index (χ4v) is 2.19. The van der Waals surface area contributed by atoms with Crippen molar-refractivity contribution in [3.63, 3.8) is 0 Å². The number of ether oxygens (including phenoxy) is 1. The molecule has 0 aromatic carbocycles. The van der Waals surface area contributed by atoms with E-state index in [1.165, 1.54) is 5.56 Å². The Bertz CT molecular complexity index is 444. The number of nitrogens with zero attached hydrogens (tertiary/aromatic N) is 3. The van der Waals surface area contributed by atoms with Crippen LogP contribution in [-0.2, 0) is 4.74 Å². The van der Waals surface area contributed by atoms with Crippen LogP contribution in [0.5, 0.6) is 0 Å². The van der Waals surface area contributed by atoms with E-state index < -0.39 is 0 Å². The Kier molecular flexibility index (Phi) is 8.41. The average molecular weight is 290 g/mol. The van der Waals surface area contributed by atoms with Gasteiger partial charge in [0.2, 0.25) is 0 Å². The summed E-state index contributed by atoms with van der Waals surface area (Å²) in [4.78, 5) is 6.67. The summed E-state index contributed by atoms with van der Waals surface area (Å²) in [5.74, 6) is 0.945. The first-order chi connectivity index (χ1) is 10.2. The SMILES string of the molecule is CCCNC(C)c1cccnc1N(CCC#N)CCOC. The van der Waals surface area contributed by atoms with Crippen molar-refractivity contribution in [3.05, 3.63) is 23.9 Å². The maximum absolute atomic E-state index is 8.84. The van der Waals surface area contributed by atoms with Crippen LogP contribution < -0.4 is 10.2 Å². The van der Waals surface area contributed by atoms with Crippen molar-refractivity contribution >= 4 is 5.82 Å². The average Bonchev–Trinajstić information content (AvgIpc) is 2.53. The van der Waals surface area contributed by atoms with Gasteiger partial charge in [-0.2, -0.15) is 5.26 Å². The lowest BCUT2D eigenvalue weighted by Gasteiger charge is -2.27. The second-order valence-electron chi connectivity index (χ2n) is 4.98. The van der Waals surface area contributed by atoms with Crippen LogP contribution in [0.15, 0.2) is 18.3 Å². The van der Waals surface area contributed by atoms with Crippen LogP contribution in [0.1, 0.15) is 38.3 Å². The summed E-state index contributed by atoms with van der Waals surface area (Å²) in [6, 6.07) is 6.50. The molecule has 1 unspecified atom stereocenters. The molecule has 1 N–H and O–H groups in total. The van der Waals surface area contributed by atoms with E-state index in [1.807, 2.05) is 6.07 Å². The largest absolute Gasteiger partial charge is 0.383 e. The maximum atomic E-state index is 8.84. The van der Waals surface area contributed by atoms with Crippen molar-refractivity contribution in [3.8, 4) is 6.07 Å². The van der Waals surface area contributed by atoms with Crippen LogP contribution in [0.4, 0.5) is 5.82 Å². The van der Waals surface area contributed by atoms with Crippen LogP contribution in [0.3, 0.4) is 0 Å². The van der Waals surface area contributed by atoms with E-state index in [1.54, 1.807) is 13.3 Å². The zero-order valence-corrected chi connectivity index (χ0v) is 13.3. The predicted molar refractivity (Wildman–Crippen MR) is 85.3 cm³/mol. The molecule has 0 bridgehead atoms. The van der Waals surface area contributed by atoms with Crippen molar-refractivity contribution in [2.45, 2.75) is 32.7 Å². The second-order valence-corrected chi connectivity index (χ2v) is 4.98. The molecule has 1 atom stereocenters. The minimum absolute atomic E-state index is 0.237. The van der Waals surface area contributed by atoms with Crippen LogP contribution in [0.25, 0.3) is 0 Å². The molecule has 0 radical (unpaired) electrons. The zero-order valence-electron chi connectivity index (χ0n) is 13.3. The van der Waals surface area contributed by atoms with Gasteiger partial charge in [-0.25, -0.2) is 4.98 Å². The van der Waals surface area contributed by atoms with Crippen LogP contribution >= 0.6 is 0 Å². The minimum atomic E-state index is 0.237. The number of methoxy groups -OCH3 is 1. The Hall–Kier alpha value is -1.64. The molecule has 1 aromatic rings. The molecule has 21 heavy (non-hydrogen) atoms. The number of pyridine rings is 1. The van der Waals surface area contributed by atoms with Crippen LogP contribution in [-0.4, -0.2) is 38.3 Å². The van der Waals surface area contributed by atoms with Gasteiger partial charge >= 0.3 is 0 Å². The summed E-state index contributed by atoms with van der Waals surface area (Å²) in [6.07, 6.45) is 3.38. The zero-order chi connectivity index (χ0) is 15.5. The molecule has 0 saturated carbocycles. The number of aromatic nitrogens is 1. The first-order valence-electron chi connectivity index (χ1n) is 7.53. The van der Waals surface area contributed by atoms with Gasteiger partial charge in [-0.05, 0) is 26.0 Å². The first-order valence-corrected chi connectivity index (χ1v) is 7.53. The topological polar surface area (TPSA) is 61.2 Å². The summed E-state index contributed by atoms with van der Waals surface area (Å²) in [5, 5.41) is 12.3. The molecule has 5 nitrogen and oxygen atoms in total. The van der Waals surface area contributed by atoms with Crippen LogP contribution in [0.2, 0.25) is 0 Å². The van der Waals surface area contributed by atoms with Crippen molar-refractivity contribution in [1.82, 2.24) is 10.3 Å². The quantitative estimate of drug-likeness (QED) is 0.717. The standard InChI is InChI=1S/C16H26N4O/c1-4-9-18-14(2)15-7-5-10-19-16(15)20(11-6-8-17)12-13-21-3/h5,7,10,14,18H,4,6,9,11-13H2,1-3H3. The van der Waals surface area contributed by atoms with E-state index in [0.29, 0.717) is 19.6 Å². The summed E-state index contributed by atoms with van der Waals surface area (Å²) in [7, 11) is 1.69. The third-order valence-corrected chi connectivity index (χ3v) is 3.34. The third kappa shape index (κ3) is 5.70. The number of nitrogens with one attached hydrogen (secondary N) is 1. The maximum Gasteiger partial charge on any atom is 0.133 e. The molecule has 1 heterocycles. The fraction of sp³-hybridized carbons (Fsp3) is 0.625.